The van der Waals surface area contributed by atoms with Crippen LogP contribution in [0.3, 0.4) is 0 Å². The van der Waals surface area contributed by atoms with E-state index in [9.17, 15) is 44.7 Å². The maximum absolute atomic E-state index is 14.7. The predicted molar refractivity (Wildman–Crippen MR) is 147 cm³/mol. The SMILES string of the molecule is NC(=O)c1cc(-c2cccnc2[C@H](Cc2cc(F)cc(F)c2)NC(=O)CN=C2C(=C(N)C(F)(F)F)CCCC2(F)F)ccc1F. The van der Waals surface area contributed by atoms with Gasteiger partial charge in [-0.25, -0.2) is 13.2 Å². The summed E-state index contributed by atoms with van der Waals surface area (Å²) in [6.07, 6.45) is -5.65. The first-order valence-electron chi connectivity index (χ1n) is 13.3. The van der Waals surface area contributed by atoms with Gasteiger partial charge in [-0.1, -0.05) is 12.1 Å². The molecular weight excluding hydrogens is 614 g/mol. The van der Waals surface area contributed by atoms with Crippen LogP contribution in [0.1, 0.15) is 46.9 Å². The molecule has 2 amide bonds. The molecule has 45 heavy (non-hydrogen) atoms. The number of benzene rings is 2. The standard InChI is InChI=1S/C30H25F8N5O2/c31-17-9-15(10-18(32)13-17)11-23(25-19(4-2-8-41-25)16-5-6-22(33)21(12-16)28(40)45)43-24(44)14-42-27-20(26(39)30(36,37)38)3-1-7-29(27,34)35/h2,4-6,8-10,12-13,23H,1,3,7,11,14,39H2,(H2,40,45)(H,43,44)/t23-/m0/s1. The second-order valence-corrected chi connectivity index (χ2v) is 10.2. The Bertz CT molecular complexity index is 1670. The van der Waals surface area contributed by atoms with Crippen molar-refractivity contribution in [2.24, 2.45) is 16.5 Å². The zero-order valence-corrected chi connectivity index (χ0v) is 23.2. The molecule has 0 unspecified atom stereocenters. The first kappa shape index (κ1) is 33.1. The van der Waals surface area contributed by atoms with Gasteiger partial charge in [-0.05, 0) is 60.7 Å². The molecule has 0 spiro atoms. The number of nitrogens with zero attached hydrogens (tertiary/aromatic N) is 2. The molecule has 238 valence electrons. The third-order valence-corrected chi connectivity index (χ3v) is 6.97. The summed E-state index contributed by atoms with van der Waals surface area (Å²) in [5.74, 6) is -8.70. The minimum atomic E-state index is -5.11. The molecule has 7 nitrogen and oxygen atoms in total. The number of carbonyl (C=O) groups excluding carboxylic acids is 2. The lowest BCUT2D eigenvalue weighted by Crippen LogP contribution is -2.39. The normalized spacial score (nSPS) is 17.6. The van der Waals surface area contributed by atoms with Crippen molar-refractivity contribution in [3.8, 4) is 11.1 Å². The van der Waals surface area contributed by atoms with Gasteiger partial charge in [0.05, 0.1) is 17.3 Å². The van der Waals surface area contributed by atoms with E-state index < -0.39 is 89.3 Å². The van der Waals surface area contributed by atoms with Gasteiger partial charge >= 0.3 is 6.18 Å². The van der Waals surface area contributed by atoms with Crippen molar-refractivity contribution < 1.29 is 44.7 Å². The number of carbonyl (C=O) groups is 2. The lowest BCUT2D eigenvalue weighted by Gasteiger charge is -2.28. The number of nitrogens with two attached hydrogens (primary N) is 2. The fraction of sp³-hybridized carbons (Fsp3) is 0.267. The van der Waals surface area contributed by atoms with E-state index >= 15 is 0 Å². The lowest BCUT2D eigenvalue weighted by atomic mass is 9.88. The third kappa shape index (κ3) is 7.83. The largest absolute Gasteiger partial charge is 0.431 e. The average Bonchev–Trinajstić information content (AvgIpc) is 2.94. The average molecular weight is 640 g/mol. The Morgan fingerprint density at radius 2 is 1.71 bits per heavy atom. The molecule has 15 heteroatoms. The number of primary amides is 1. The van der Waals surface area contributed by atoms with Gasteiger partial charge in [-0.3, -0.25) is 19.6 Å². The predicted octanol–water partition coefficient (Wildman–Crippen LogP) is 5.70. The van der Waals surface area contributed by atoms with Gasteiger partial charge in [-0.2, -0.15) is 22.0 Å². The fourth-order valence-corrected chi connectivity index (χ4v) is 4.98. The maximum Gasteiger partial charge on any atom is 0.431 e. The molecule has 0 radical (unpaired) electrons. The summed E-state index contributed by atoms with van der Waals surface area (Å²) in [6.45, 7) is -1.06. The summed E-state index contributed by atoms with van der Waals surface area (Å²) in [6, 6.07) is 7.70. The van der Waals surface area contributed by atoms with E-state index in [1.54, 1.807) is 0 Å². The van der Waals surface area contributed by atoms with Crippen LogP contribution in [0.2, 0.25) is 0 Å². The van der Waals surface area contributed by atoms with E-state index in [1.165, 1.54) is 24.4 Å². The molecule has 1 saturated carbocycles. The number of alkyl halides is 5. The van der Waals surface area contributed by atoms with Crippen molar-refractivity contribution in [1.82, 2.24) is 10.3 Å². The fourth-order valence-electron chi connectivity index (χ4n) is 4.98. The molecule has 0 saturated heterocycles. The molecule has 1 aliphatic rings. The molecule has 1 aromatic heterocycles. The summed E-state index contributed by atoms with van der Waals surface area (Å²) in [4.78, 5) is 32.6. The molecule has 1 heterocycles. The number of pyridine rings is 1. The first-order chi connectivity index (χ1) is 21.1. The second kappa shape index (κ2) is 13.0. The van der Waals surface area contributed by atoms with Crippen LogP contribution in [0.5, 0.6) is 0 Å². The van der Waals surface area contributed by atoms with Crippen molar-refractivity contribution in [2.75, 3.05) is 6.54 Å². The van der Waals surface area contributed by atoms with Crippen LogP contribution >= 0.6 is 0 Å². The molecule has 3 aromatic rings. The van der Waals surface area contributed by atoms with Gasteiger partial charge in [-0.15, -0.1) is 0 Å². The van der Waals surface area contributed by atoms with Crippen LogP contribution in [-0.2, 0) is 11.2 Å². The maximum atomic E-state index is 14.7. The van der Waals surface area contributed by atoms with E-state index in [0.717, 1.165) is 24.3 Å². The third-order valence-electron chi connectivity index (χ3n) is 6.97. The Labute approximate surface area is 251 Å². The second-order valence-electron chi connectivity index (χ2n) is 10.2. The molecular formula is C30H25F8N5O2. The summed E-state index contributed by atoms with van der Waals surface area (Å²) < 4.78 is 111. The van der Waals surface area contributed by atoms with Crippen LogP contribution in [0.25, 0.3) is 11.1 Å². The van der Waals surface area contributed by atoms with Crippen molar-refractivity contribution in [1.29, 1.82) is 0 Å². The van der Waals surface area contributed by atoms with Crippen molar-refractivity contribution in [3.63, 3.8) is 0 Å². The summed E-state index contributed by atoms with van der Waals surface area (Å²) in [5, 5.41) is 2.49. The molecule has 0 aliphatic heterocycles. The molecule has 2 aromatic carbocycles. The van der Waals surface area contributed by atoms with Gasteiger partial charge in [0, 0.05) is 29.8 Å². The van der Waals surface area contributed by atoms with E-state index in [4.69, 9.17) is 11.5 Å². The van der Waals surface area contributed by atoms with E-state index in [0.29, 0.717) is 6.07 Å². The molecule has 4 rings (SSSR count). The highest BCUT2D eigenvalue weighted by molar-refractivity contribution is 6.07. The van der Waals surface area contributed by atoms with Gasteiger partial charge < -0.3 is 16.8 Å². The Morgan fingerprint density at radius 1 is 1.02 bits per heavy atom. The molecule has 1 atom stereocenters. The quantitative estimate of drug-likeness (QED) is 0.274. The van der Waals surface area contributed by atoms with Crippen molar-refractivity contribution >= 4 is 17.5 Å². The van der Waals surface area contributed by atoms with E-state index in [-0.39, 0.29) is 35.2 Å². The Morgan fingerprint density at radius 3 is 2.36 bits per heavy atom. The first-order valence-corrected chi connectivity index (χ1v) is 13.3. The smallest absolute Gasteiger partial charge is 0.394 e. The highest BCUT2D eigenvalue weighted by atomic mass is 19.4. The van der Waals surface area contributed by atoms with Gasteiger partial charge in [0.15, 0.2) is 0 Å². The zero-order chi connectivity index (χ0) is 33.1. The van der Waals surface area contributed by atoms with Gasteiger partial charge in [0.2, 0.25) is 5.91 Å². The van der Waals surface area contributed by atoms with Crippen LogP contribution in [0.15, 0.2) is 71.0 Å². The number of aromatic nitrogens is 1. The number of rotatable bonds is 8. The highest BCUT2D eigenvalue weighted by Gasteiger charge is 2.45. The summed E-state index contributed by atoms with van der Waals surface area (Å²) >= 11 is 0. The van der Waals surface area contributed by atoms with Gasteiger partial charge in [0.1, 0.15) is 35.4 Å². The molecule has 1 fully saturated rings. The Kier molecular flexibility index (Phi) is 9.59. The molecule has 1 aliphatic carbocycles. The van der Waals surface area contributed by atoms with Crippen LogP contribution in [-0.4, -0.2) is 41.2 Å². The van der Waals surface area contributed by atoms with E-state index in [1.807, 2.05) is 0 Å². The van der Waals surface area contributed by atoms with Crippen LogP contribution in [0.4, 0.5) is 35.1 Å². The minimum absolute atomic E-state index is 0.0413. The highest BCUT2D eigenvalue weighted by Crippen LogP contribution is 2.38. The van der Waals surface area contributed by atoms with Crippen LogP contribution < -0.4 is 16.8 Å². The summed E-state index contributed by atoms with van der Waals surface area (Å²) in [5.41, 5.74) is 6.58. The summed E-state index contributed by atoms with van der Waals surface area (Å²) in [7, 11) is 0. The topological polar surface area (TPSA) is 123 Å². The van der Waals surface area contributed by atoms with Crippen molar-refractivity contribution in [2.45, 2.75) is 43.8 Å². The number of amides is 2. The number of nitrogens with one attached hydrogen (secondary N) is 1. The Balaban J connectivity index is 1.74. The van der Waals surface area contributed by atoms with Gasteiger partial charge in [0.25, 0.3) is 11.8 Å². The molecule has 5 N–H and O–H groups in total. The number of allylic oxidation sites excluding steroid dienone is 2. The number of hydrogen-bond acceptors (Lipinski definition) is 5. The number of hydrogen-bond donors (Lipinski definition) is 3. The lowest BCUT2D eigenvalue weighted by molar-refractivity contribution is -0.120. The molecule has 0 bridgehead atoms. The van der Waals surface area contributed by atoms with E-state index in [2.05, 4.69) is 15.3 Å². The monoisotopic (exact) mass is 639 g/mol. The van der Waals surface area contributed by atoms with Crippen LogP contribution in [0, 0.1) is 17.5 Å². The number of halogens is 8. The Hall–Kier alpha value is -4.82. The minimum Gasteiger partial charge on any atom is -0.394 e. The number of aliphatic imine (C=N–C) groups is 1. The van der Waals surface area contributed by atoms with Crippen molar-refractivity contribution in [3.05, 3.63) is 100 Å². The zero-order valence-electron chi connectivity index (χ0n) is 23.2.